The number of hydrogen-bond acceptors (Lipinski definition) is 5. The third-order valence-electron chi connectivity index (χ3n) is 3.59. The monoisotopic (exact) mass is 306 g/mol. The van der Waals surface area contributed by atoms with Crippen LogP contribution in [-0.2, 0) is 25.9 Å². The second-order valence-electron chi connectivity index (χ2n) is 6.54. The lowest BCUT2D eigenvalue weighted by atomic mass is 10.1. The van der Waals surface area contributed by atoms with Gasteiger partial charge in [0.2, 0.25) is 0 Å². The summed E-state index contributed by atoms with van der Waals surface area (Å²) in [5, 5.41) is 18.8. The number of aryl methyl sites for hydroxylation is 2. The number of rotatable bonds is 8. The van der Waals surface area contributed by atoms with Crippen LogP contribution in [0.3, 0.4) is 0 Å². The molecular formula is C15H26N6O. The summed E-state index contributed by atoms with van der Waals surface area (Å²) in [6, 6.07) is 0. The molecular weight excluding hydrogens is 280 g/mol. The Morgan fingerprint density at radius 2 is 2.14 bits per heavy atom. The van der Waals surface area contributed by atoms with E-state index in [1.807, 2.05) is 4.68 Å². The Hall–Kier alpha value is -1.76. The Morgan fingerprint density at radius 1 is 1.36 bits per heavy atom. The molecule has 0 spiro atoms. The smallest absolute Gasteiger partial charge is 0.151 e. The molecule has 0 unspecified atom stereocenters. The van der Waals surface area contributed by atoms with Crippen LogP contribution in [0.2, 0.25) is 0 Å². The molecule has 2 rings (SSSR count). The maximum absolute atomic E-state index is 10.1. The van der Waals surface area contributed by atoms with Gasteiger partial charge in [-0.1, -0.05) is 20.3 Å². The largest absolute Gasteiger partial charge is 0.389 e. The SMILES string of the molecule is CC[C@H](C)Cc1nc(CCn2cncn2)n(CC(C)(C)O)n1. The number of nitrogens with zero attached hydrogens (tertiary/aromatic N) is 6. The van der Waals surface area contributed by atoms with Crippen LogP contribution in [0.25, 0.3) is 0 Å². The van der Waals surface area contributed by atoms with Gasteiger partial charge in [0.05, 0.1) is 12.1 Å². The van der Waals surface area contributed by atoms with Gasteiger partial charge in [0, 0.05) is 19.4 Å². The van der Waals surface area contributed by atoms with Crippen molar-refractivity contribution in [2.45, 2.75) is 65.6 Å². The first-order valence-corrected chi connectivity index (χ1v) is 7.84. The number of aromatic nitrogens is 6. The lowest BCUT2D eigenvalue weighted by molar-refractivity contribution is 0.0564. The number of aliphatic hydroxyl groups is 1. The highest BCUT2D eigenvalue weighted by atomic mass is 16.3. The van der Waals surface area contributed by atoms with Gasteiger partial charge in [0.1, 0.15) is 18.5 Å². The van der Waals surface area contributed by atoms with Crippen LogP contribution < -0.4 is 0 Å². The van der Waals surface area contributed by atoms with Crippen molar-refractivity contribution in [3.05, 3.63) is 24.3 Å². The molecule has 7 heteroatoms. The fourth-order valence-electron chi connectivity index (χ4n) is 2.21. The first kappa shape index (κ1) is 16.6. The fourth-order valence-corrected chi connectivity index (χ4v) is 2.21. The van der Waals surface area contributed by atoms with Crippen LogP contribution in [0.15, 0.2) is 12.7 Å². The van der Waals surface area contributed by atoms with E-state index < -0.39 is 5.60 Å². The summed E-state index contributed by atoms with van der Waals surface area (Å²) in [5.41, 5.74) is -0.816. The van der Waals surface area contributed by atoms with Gasteiger partial charge >= 0.3 is 0 Å². The highest BCUT2D eigenvalue weighted by Crippen LogP contribution is 2.13. The highest BCUT2D eigenvalue weighted by molar-refractivity contribution is 4.96. The minimum atomic E-state index is -0.816. The topological polar surface area (TPSA) is 81.7 Å². The van der Waals surface area contributed by atoms with E-state index in [-0.39, 0.29) is 0 Å². The molecule has 22 heavy (non-hydrogen) atoms. The molecule has 122 valence electrons. The first-order chi connectivity index (χ1) is 10.4. The van der Waals surface area contributed by atoms with Crippen molar-refractivity contribution >= 4 is 0 Å². The van der Waals surface area contributed by atoms with Crippen molar-refractivity contribution < 1.29 is 5.11 Å². The van der Waals surface area contributed by atoms with E-state index in [1.165, 1.54) is 6.33 Å². The van der Waals surface area contributed by atoms with Crippen LogP contribution in [0.5, 0.6) is 0 Å². The summed E-state index contributed by atoms with van der Waals surface area (Å²) in [7, 11) is 0. The summed E-state index contributed by atoms with van der Waals surface area (Å²) in [4.78, 5) is 8.60. The highest BCUT2D eigenvalue weighted by Gasteiger charge is 2.19. The van der Waals surface area contributed by atoms with Crippen molar-refractivity contribution in [1.82, 2.24) is 29.5 Å². The van der Waals surface area contributed by atoms with Gasteiger partial charge in [-0.15, -0.1) is 0 Å². The summed E-state index contributed by atoms with van der Waals surface area (Å²) in [6.45, 7) is 9.07. The molecule has 0 aromatic carbocycles. The first-order valence-electron chi connectivity index (χ1n) is 7.84. The predicted octanol–water partition coefficient (Wildman–Crippen LogP) is 1.47. The van der Waals surface area contributed by atoms with Crippen molar-refractivity contribution in [3.63, 3.8) is 0 Å². The van der Waals surface area contributed by atoms with E-state index in [0.29, 0.717) is 25.4 Å². The van der Waals surface area contributed by atoms with E-state index >= 15 is 0 Å². The number of hydrogen-bond donors (Lipinski definition) is 1. The molecule has 1 N–H and O–H groups in total. The van der Waals surface area contributed by atoms with Gasteiger partial charge in [-0.25, -0.2) is 14.6 Å². The Labute approximate surface area is 131 Å². The van der Waals surface area contributed by atoms with E-state index in [1.54, 1.807) is 24.9 Å². The van der Waals surface area contributed by atoms with Crippen molar-refractivity contribution in [2.24, 2.45) is 5.92 Å². The van der Waals surface area contributed by atoms with Gasteiger partial charge in [0.25, 0.3) is 0 Å². The van der Waals surface area contributed by atoms with Crippen molar-refractivity contribution in [2.75, 3.05) is 0 Å². The Morgan fingerprint density at radius 3 is 2.73 bits per heavy atom. The molecule has 0 aliphatic heterocycles. The predicted molar refractivity (Wildman–Crippen MR) is 83.2 cm³/mol. The van der Waals surface area contributed by atoms with Gasteiger partial charge in [-0.3, -0.25) is 4.68 Å². The van der Waals surface area contributed by atoms with Gasteiger partial charge in [-0.05, 0) is 19.8 Å². The minimum absolute atomic E-state index is 0.438. The standard InChI is InChI=1S/C15H26N6O/c1-5-12(2)8-13-18-14(6-7-20-11-16-10-17-20)21(19-13)9-15(3,4)22/h10-12,22H,5-9H2,1-4H3/t12-/m0/s1. The fraction of sp³-hybridized carbons (Fsp3) is 0.733. The van der Waals surface area contributed by atoms with Crippen LogP contribution in [0.1, 0.15) is 45.8 Å². The zero-order valence-electron chi connectivity index (χ0n) is 13.9. The van der Waals surface area contributed by atoms with Gasteiger partial charge in [0.15, 0.2) is 5.82 Å². The average Bonchev–Trinajstić information content (AvgIpc) is 3.04. The second-order valence-corrected chi connectivity index (χ2v) is 6.54. The van der Waals surface area contributed by atoms with Crippen molar-refractivity contribution in [1.29, 1.82) is 0 Å². The Balaban J connectivity index is 2.13. The molecule has 2 aromatic heterocycles. The lowest BCUT2D eigenvalue weighted by Gasteiger charge is -2.18. The van der Waals surface area contributed by atoms with E-state index in [4.69, 9.17) is 0 Å². The Bertz CT molecular complexity index is 569. The molecule has 7 nitrogen and oxygen atoms in total. The van der Waals surface area contributed by atoms with E-state index in [2.05, 4.69) is 34.0 Å². The van der Waals surface area contributed by atoms with Crippen molar-refractivity contribution in [3.8, 4) is 0 Å². The molecule has 0 aliphatic carbocycles. The lowest BCUT2D eigenvalue weighted by Crippen LogP contribution is -2.28. The van der Waals surface area contributed by atoms with Crippen LogP contribution >= 0.6 is 0 Å². The molecule has 1 atom stereocenters. The zero-order chi connectivity index (χ0) is 16.2. The molecule has 0 radical (unpaired) electrons. The molecule has 0 bridgehead atoms. The van der Waals surface area contributed by atoms with Gasteiger partial charge in [-0.2, -0.15) is 10.2 Å². The second kappa shape index (κ2) is 7.00. The van der Waals surface area contributed by atoms with E-state index in [9.17, 15) is 5.11 Å². The molecule has 0 saturated carbocycles. The average molecular weight is 306 g/mol. The molecule has 0 fully saturated rings. The molecule has 0 amide bonds. The summed E-state index contributed by atoms with van der Waals surface area (Å²) >= 11 is 0. The van der Waals surface area contributed by atoms with E-state index in [0.717, 1.165) is 24.5 Å². The third kappa shape index (κ3) is 4.91. The van der Waals surface area contributed by atoms with Gasteiger partial charge < -0.3 is 5.11 Å². The normalized spacial score (nSPS) is 13.5. The summed E-state index contributed by atoms with van der Waals surface area (Å²) in [5.74, 6) is 2.30. The molecule has 0 saturated heterocycles. The molecule has 2 heterocycles. The molecule has 2 aromatic rings. The summed E-state index contributed by atoms with van der Waals surface area (Å²) < 4.78 is 3.60. The minimum Gasteiger partial charge on any atom is -0.389 e. The maximum atomic E-state index is 10.1. The molecule has 0 aliphatic rings. The van der Waals surface area contributed by atoms with Crippen LogP contribution in [0.4, 0.5) is 0 Å². The third-order valence-corrected chi connectivity index (χ3v) is 3.59. The Kier molecular flexibility index (Phi) is 5.28. The maximum Gasteiger partial charge on any atom is 0.151 e. The van der Waals surface area contributed by atoms with Crippen LogP contribution in [0, 0.1) is 5.92 Å². The zero-order valence-corrected chi connectivity index (χ0v) is 13.9. The van der Waals surface area contributed by atoms with Crippen LogP contribution in [-0.4, -0.2) is 40.2 Å². The summed E-state index contributed by atoms with van der Waals surface area (Å²) in [6.07, 6.45) is 5.90. The quantitative estimate of drug-likeness (QED) is 0.798.